The van der Waals surface area contributed by atoms with Gasteiger partial charge in [-0.1, -0.05) is 30.3 Å². The normalized spacial score (nSPS) is 11.1. The van der Waals surface area contributed by atoms with Crippen molar-refractivity contribution in [3.05, 3.63) is 35.9 Å². The standard InChI is InChI=1S/C8H8O.C3H8O2/c1-7(9)8-5-3-2-4-6-8;1-3(5)2-4/h2-6H,1H3;3-5H,2H2,1H3. The van der Waals surface area contributed by atoms with Gasteiger partial charge in [-0.3, -0.25) is 4.79 Å². The Bertz CT molecular complexity index is 254. The fourth-order valence-corrected chi connectivity index (χ4v) is 0.673. The van der Waals surface area contributed by atoms with E-state index in [4.69, 9.17) is 10.2 Å². The maximum atomic E-state index is 10.6. The van der Waals surface area contributed by atoms with E-state index in [0.717, 1.165) is 5.56 Å². The number of rotatable bonds is 2. The number of carbonyl (C=O) groups is 1. The molecule has 0 aliphatic heterocycles. The molecule has 0 bridgehead atoms. The van der Waals surface area contributed by atoms with Crippen molar-refractivity contribution in [2.75, 3.05) is 6.61 Å². The maximum Gasteiger partial charge on any atom is 0.159 e. The smallest absolute Gasteiger partial charge is 0.159 e. The third kappa shape index (κ3) is 6.34. The number of carbonyl (C=O) groups excluding carboxylic acids is 1. The maximum absolute atomic E-state index is 10.6. The first kappa shape index (κ1) is 12.8. The zero-order chi connectivity index (χ0) is 11.0. The van der Waals surface area contributed by atoms with Crippen molar-refractivity contribution in [3.63, 3.8) is 0 Å². The first-order valence-electron chi connectivity index (χ1n) is 4.42. The van der Waals surface area contributed by atoms with E-state index in [-0.39, 0.29) is 12.4 Å². The highest BCUT2D eigenvalue weighted by molar-refractivity contribution is 5.93. The molecule has 0 saturated carbocycles. The Kier molecular flexibility index (Phi) is 6.62. The Morgan fingerprint density at radius 2 is 1.79 bits per heavy atom. The molecule has 1 atom stereocenters. The molecule has 3 heteroatoms. The predicted molar refractivity (Wildman–Crippen MR) is 55.2 cm³/mol. The molecule has 1 rings (SSSR count). The van der Waals surface area contributed by atoms with Crippen molar-refractivity contribution in [3.8, 4) is 0 Å². The first-order chi connectivity index (χ1) is 6.57. The largest absolute Gasteiger partial charge is 0.394 e. The van der Waals surface area contributed by atoms with Crippen molar-refractivity contribution in [1.82, 2.24) is 0 Å². The second kappa shape index (κ2) is 7.24. The second-order valence-electron chi connectivity index (χ2n) is 2.95. The molecule has 1 aromatic carbocycles. The van der Waals surface area contributed by atoms with Gasteiger partial charge >= 0.3 is 0 Å². The Balaban J connectivity index is 0.000000292. The molecule has 0 heterocycles. The Labute approximate surface area is 84.0 Å². The van der Waals surface area contributed by atoms with Crippen LogP contribution in [0.1, 0.15) is 24.2 Å². The summed E-state index contributed by atoms with van der Waals surface area (Å²) in [4.78, 5) is 10.6. The molecular formula is C11H16O3. The summed E-state index contributed by atoms with van der Waals surface area (Å²) in [6.45, 7) is 2.95. The number of hydrogen-bond acceptors (Lipinski definition) is 3. The van der Waals surface area contributed by atoms with Gasteiger partial charge in [-0.25, -0.2) is 0 Å². The first-order valence-corrected chi connectivity index (χ1v) is 4.42. The van der Waals surface area contributed by atoms with Gasteiger partial charge < -0.3 is 10.2 Å². The van der Waals surface area contributed by atoms with Crippen LogP contribution in [0.5, 0.6) is 0 Å². The summed E-state index contributed by atoms with van der Waals surface area (Å²) in [5.41, 5.74) is 0.775. The Morgan fingerprint density at radius 1 is 1.36 bits per heavy atom. The van der Waals surface area contributed by atoms with Crippen LogP contribution >= 0.6 is 0 Å². The van der Waals surface area contributed by atoms with Crippen LogP contribution in [-0.4, -0.2) is 28.7 Å². The molecule has 0 aromatic heterocycles. The summed E-state index contributed by atoms with van der Waals surface area (Å²) in [6.07, 6.45) is -0.560. The SMILES string of the molecule is CC(=O)c1ccccc1.CC(O)CO. The van der Waals surface area contributed by atoms with E-state index >= 15 is 0 Å². The van der Waals surface area contributed by atoms with Gasteiger partial charge in [0.25, 0.3) is 0 Å². The fourth-order valence-electron chi connectivity index (χ4n) is 0.673. The lowest BCUT2D eigenvalue weighted by Gasteiger charge is -1.90. The van der Waals surface area contributed by atoms with Crippen molar-refractivity contribution in [2.45, 2.75) is 20.0 Å². The minimum Gasteiger partial charge on any atom is -0.394 e. The van der Waals surface area contributed by atoms with Gasteiger partial charge in [0, 0.05) is 5.56 Å². The van der Waals surface area contributed by atoms with Gasteiger partial charge in [-0.2, -0.15) is 0 Å². The molecule has 0 saturated heterocycles. The number of aliphatic hydroxyl groups excluding tert-OH is 2. The van der Waals surface area contributed by atoms with Crippen LogP contribution in [0, 0.1) is 0 Å². The quantitative estimate of drug-likeness (QED) is 0.700. The molecule has 0 radical (unpaired) electrons. The van der Waals surface area contributed by atoms with Gasteiger partial charge in [0.2, 0.25) is 0 Å². The van der Waals surface area contributed by atoms with Crippen LogP contribution in [0.15, 0.2) is 30.3 Å². The van der Waals surface area contributed by atoms with Crippen molar-refractivity contribution in [1.29, 1.82) is 0 Å². The highest BCUT2D eigenvalue weighted by Crippen LogP contribution is 1.97. The van der Waals surface area contributed by atoms with Crippen LogP contribution in [0.2, 0.25) is 0 Å². The molecular weight excluding hydrogens is 180 g/mol. The lowest BCUT2D eigenvalue weighted by atomic mass is 10.2. The molecule has 14 heavy (non-hydrogen) atoms. The molecule has 0 fully saturated rings. The lowest BCUT2D eigenvalue weighted by molar-refractivity contribution is 0.101. The molecule has 0 amide bonds. The molecule has 2 N–H and O–H groups in total. The third-order valence-electron chi connectivity index (χ3n) is 1.44. The molecule has 1 unspecified atom stereocenters. The summed E-state index contributed by atoms with van der Waals surface area (Å²) < 4.78 is 0. The van der Waals surface area contributed by atoms with Crippen molar-refractivity contribution >= 4 is 5.78 Å². The van der Waals surface area contributed by atoms with E-state index < -0.39 is 6.10 Å². The topological polar surface area (TPSA) is 57.5 Å². The lowest BCUT2D eigenvalue weighted by Crippen LogP contribution is -2.03. The number of benzene rings is 1. The average Bonchev–Trinajstić information content (AvgIpc) is 2.20. The van der Waals surface area contributed by atoms with Crippen LogP contribution in [0.25, 0.3) is 0 Å². The Morgan fingerprint density at radius 3 is 2.00 bits per heavy atom. The summed E-state index contributed by atoms with van der Waals surface area (Å²) in [5.74, 6) is 0.121. The highest BCUT2D eigenvalue weighted by atomic mass is 16.3. The average molecular weight is 196 g/mol. The number of aliphatic hydroxyl groups is 2. The zero-order valence-corrected chi connectivity index (χ0v) is 8.47. The van der Waals surface area contributed by atoms with E-state index in [0.29, 0.717) is 0 Å². The number of hydrogen-bond donors (Lipinski definition) is 2. The third-order valence-corrected chi connectivity index (χ3v) is 1.44. The zero-order valence-electron chi connectivity index (χ0n) is 8.47. The molecule has 78 valence electrons. The van der Waals surface area contributed by atoms with E-state index in [9.17, 15) is 4.79 Å². The highest BCUT2D eigenvalue weighted by Gasteiger charge is 1.92. The van der Waals surface area contributed by atoms with Gasteiger partial charge in [0.1, 0.15) is 0 Å². The number of ketones is 1. The van der Waals surface area contributed by atoms with Crippen molar-refractivity contribution < 1.29 is 15.0 Å². The van der Waals surface area contributed by atoms with Crippen LogP contribution < -0.4 is 0 Å². The fraction of sp³-hybridized carbons (Fsp3) is 0.364. The van der Waals surface area contributed by atoms with E-state index in [1.165, 1.54) is 6.92 Å². The predicted octanol–water partition coefficient (Wildman–Crippen LogP) is 1.25. The van der Waals surface area contributed by atoms with Gasteiger partial charge in [-0.05, 0) is 13.8 Å². The summed E-state index contributed by atoms with van der Waals surface area (Å²) in [6, 6.07) is 9.23. The molecule has 0 spiro atoms. The Hall–Kier alpha value is -1.19. The van der Waals surface area contributed by atoms with Crippen LogP contribution in [0.4, 0.5) is 0 Å². The van der Waals surface area contributed by atoms with Gasteiger partial charge in [-0.15, -0.1) is 0 Å². The monoisotopic (exact) mass is 196 g/mol. The number of Topliss-reactive ketones (excluding diaryl/α,β-unsaturated/α-hetero) is 1. The van der Waals surface area contributed by atoms with Crippen molar-refractivity contribution in [2.24, 2.45) is 0 Å². The minimum absolute atomic E-state index is 0.121. The molecule has 3 nitrogen and oxygen atoms in total. The summed E-state index contributed by atoms with van der Waals surface area (Å²) in [5, 5.41) is 16.0. The summed E-state index contributed by atoms with van der Waals surface area (Å²) >= 11 is 0. The molecule has 0 aliphatic carbocycles. The van der Waals surface area contributed by atoms with Crippen LogP contribution in [-0.2, 0) is 0 Å². The minimum atomic E-state index is -0.560. The van der Waals surface area contributed by atoms with E-state index in [2.05, 4.69) is 0 Å². The van der Waals surface area contributed by atoms with Gasteiger partial charge in [0.15, 0.2) is 5.78 Å². The van der Waals surface area contributed by atoms with E-state index in [1.807, 2.05) is 30.3 Å². The van der Waals surface area contributed by atoms with Gasteiger partial charge in [0.05, 0.1) is 12.7 Å². The van der Waals surface area contributed by atoms with Crippen LogP contribution in [0.3, 0.4) is 0 Å². The second-order valence-corrected chi connectivity index (χ2v) is 2.95. The molecule has 1 aromatic rings. The van der Waals surface area contributed by atoms with E-state index in [1.54, 1.807) is 6.92 Å². The molecule has 0 aliphatic rings. The summed E-state index contributed by atoms with van der Waals surface area (Å²) in [7, 11) is 0.